The molecule has 4 nitrogen and oxygen atoms in total. The third-order valence-corrected chi connectivity index (χ3v) is 3.80. The number of amides is 1. The highest BCUT2D eigenvalue weighted by Gasteiger charge is 2.31. The first-order valence-electron chi connectivity index (χ1n) is 6.59. The summed E-state index contributed by atoms with van der Waals surface area (Å²) in [5, 5.41) is 16.2. The van der Waals surface area contributed by atoms with Gasteiger partial charge in [0.05, 0.1) is 11.1 Å². The lowest BCUT2D eigenvalue weighted by Gasteiger charge is -2.30. The Morgan fingerprint density at radius 3 is 2.24 bits per heavy atom. The van der Waals surface area contributed by atoms with Crippen LogP contribution in [0.5, 0.6) is 0 Å². The second-order valence-electron chi connectivity index (χ2n) is 5.70. The van der Waals surface area contributed by atoms with E-state index in [0.29, 0.717) is 6.54 Å². The van der Waals surface area contributed by atoms with E-state index >= 15 is 0 Å². The molecule has 100 valence electrons. The normalized spacial score (nSPS) is 20.7. The molecule has 1 fully saturated rings. The van der Waals surface area contributed by atoms with Gasteiger partial charge in [0.15, 0.2) is 0 Å². The van der Waals surface area contributed by atoms with E-state index < -0.39 is 11.1 Å². The number of nitrogens with one attached hydrogen (secondary N) is 2. The molecule has 0 heterocycles. The van der Waals surface area contributed by atoms with Crippen molar-refractivity contribution in [2.24, 2.45) is 0 Å². The topological polar surface area (TPSA) is 61.4 Å². The summed E-state index contributed by atoms with van der Waals surface area (Å²) in [4.78, 5) is 11.9. The number of rotatable bonds is 4. The van der Waals surface area contributed by atoms with Gasteiger partial charge in [-0.05, 0) is 33.7 Å². The van der Waals surface area contributed by atoms with E-state index in [2.05, 4.69) is 10.6 Å². The highest BCUT2D eigenvalue weighted by molar-refractivity contribution is 5.85. The third kappa shape index (κ3) is 4.28. The fourth-order valence-electron chi connectivity index (χ4n) is 2.14. The minimum absolute atomic E-state index is 0.0577. The molecule has 0 aliphatic heterocycles. The highest BCUT2D eigenvalue weighted by Crippen LogP contribution is 2.26. The number of carbonyl (C=O) groups is 1. The van der Waals surface area contributed by atoms with Crippen LogP contribution in [0.4, 0.5) is 0 Å². The molecular weight excluding hydrogens is 216 g/mol. The molecule has 0 bridgehead atoms. The lowest BCUT2D eigenvalue weighted by Crippen LogP contribution is -2.54. The maximum Gasteiger partial charge on any atom is 0.239 e. The van der Waals surface area contributed by atoms with Gasteiger partial charge in [-0.25, -0.2) is 0 Å². The average molecular weight is 242 g/mol. The van der Waals surface area contributed by atoms with Crippen LogP contribution in [0.2, 0.25) is 0 Å². The minimum Gasteiger partial charge on any atom is -0.388 e. The zero-order valence-electron chi connectivity index (χ0n) is 11.3. The van der Waals surface area contributed by atoms with Gasteiger partial charge >= 0.3 is 0 Å². The Balaban J connectivity index is 2.46. The molecule has 4 heteroatoms. The maximum absolute atomic E-state index is 11.9. The van der Waals surface area contributed by atoms with Gasteiger partial charge in [0, 0.05) is 6.54 Å². The summed E-state index contributed by atoms with van der Waals surface area (Å²) >= 11 is 0. The standard InChI is InChI=1S/C13H26N2O2/c1-12(2,14-3)11(16)15-10-13(17)8-6-4-5-7-9-13/h14,17H,4-10H2,1-3H3,(H,15,16). The Morgan fingerprint density at radius 2 is 1.76 bits per heavy atom. The van der Waals surface area contributed by atoms with E-state index in [1.165, 1.54) is 12.8 Å². The first-order chi connectivity index (χ1) is 7.90. The second kappa shape index (κ2) is 5.83. The molecule has 0 radical (unpaired) electrons. The Hall–Kier alpha value is -0.610. The van der Waals surface area contributed by atoms with E-state index in [-0.39, 0.29) is 5.91 Å². The molecule has 1 saturated carbocycles. The average Bonchev–Trinajstić information content (AvgIpc) is 2.51. The van der Waals surface area contributed by atoms with E-state index in [1.807, 2.05) is 13.8 Å². The van der Waals surface area contributed by atoms with Gasteiger partial charge in [0.1, 0.15) is 0 Å². The number of hydrogen-bond acceptors (Lipinski definition) is 3. The van der Waals surface area contributed by atoms with Crippen LogP contribution < -0.4 is 10.6 Å². The summed E-state index contributed by atoms with van der Waals surface area (Å²) in [5.74, 6) is -0.0577. The van der Waals surface area contributed by atoms with Crippen LogP contribution in [0, 0.1) is 0 Å². The highest BCUT2D eigenvalue weighted by atomic mass is 16.3. The molecule has 1 aliphatic rings. The van der Waals surface area contributed by atoms with Gasteiger partial charge in [0.2, 0.25) is 5.91 Å². The predicted octanol–water partition coefficient (Wildman–Crippen LogP) is 1.19. The molecule has 0 aromatic heterocycles. The SMILES string of the molecule is CNC(C)(C)C(=O)NCC1(O)CCCCCC1. The van der Waals surface area contributed by atoms with E-state index in [1.54, 1.807) is 7.05 Å². The Bertz CT molecular complexity index is 256. The molecule has 0 aromatic rings. The van der Waals surface area contributed by atoms with Crippen LogP contribution >= 0.6 is 0 Å². The zero-order valence-corrected chi connectivity index (χ0v) is 11.3. The molecule has 0 aromatic carbocycles. The van der Waals surface area contributed by atoms with Crippen LogP contribution in [-0.2, 0) is 4.79 Å². The Morgan fingerprint density at radius 1 is 1.24 bits per heavy atom. The van der Waals surface area contributed by atoms with Gasteiger partial charge in [-0.2, -0.15) is 0 Å². The first kappa shape index (κ1) is 14.5. The van der Waals surface area contributed by atoms with Crippen molar-refractivity contribution in [2.45, 2.75) is 63.5 Å². The Labute approximate surface area is 104 Å². The van der Waals surface area contributed by atoms with Crippen molar-refractivity contribution < 1.29 is 9.90 Å². The molecule has 1 aliphatic carbocycles. The Kier molecular flexibility index (Phi) is 4.95. The van der Waals surface area contributed by atoms with Gasteiger partial charge < -0.3 is 15.7 Å². The second-order valence-corrected chi connectivity index (χ2v) is 5.70. The smallest absolute Gasteiger partial charge is 0.239 e. The minimum atomic E-state index is -0.698. The first-order valence-corrected chi connectivity index (χ1v) is 6.59. The van der Waals surface area contributed by atoms with Gasteiger partial charge in [-0.1, -0.05) is 25.7 Å². The molecule has 3 N–H and O–H groups in total. The molecule has 0 saturated heterocycles. The van der Waals surface area contributed by atoms with Gasteiger partial charge in [-0.15, -0.1) is 0 Å². The fourth-order valence-corrected chi connectivity index (χ4v) is 2.14. The van der Waals surface area contributed by atoms with Crippen LogP contribution in [0.25, 0.3) is 0 Å². The largest absolute Gasteiger partial charge is 0.388 e. The van der Waals surface area contributed by atoms with Crippen molar-refractivity contribution in [3.05, 3.63) is 0 Å². The number of hydrogen-bond donors (Lipinski definition) is 3. The summed E-state index contributed by atoms with van der Waals surface area (Å²) in [5.41, 5.74) is -1.28. The van der Waals surface area contributed by atoms with Crippen LogP contribution in [0.3, 0.4) is 0 Å². The number of carbonyl (C=O) groups excluding carboxylic acids is 1. The molecule has 0 atom stereocenters. The molecule has 0 spiro atoms. The predicted molar refractivity (Wildman–Crippen MR) is 68.8 cm³/mol. The number of aliphatic hydroxyl groups is 1. The monoisotopic (exact) mass is 242 g/mol. The van der Waals surface area contributed by atoms with Crippen LogP contribution in [0.15, 0.2) is 0 Å². The summed E-state index contributed by atoms with van der Waals surface area (Å²) in [6.07, 6.45) is 6.10. The van der Waals surface area contributed by atoms with Crippen LogP contribution in [-0.4, -0.2) is 35.7 Å². The van der Waals surface area contributed by atoms with Crippen molar-refractivity contribution in [3.8, 4) is 0 Å². The lowest BCUT2D eigenvalue weighted by molar-refractivity contribution is -0.127. The van der Waals surface area contributed by atoms with Crippen LogP contribution in [0.1, 0.15) is 52.4 Å². The lowest BCUT2D eigenvalue weighted by atomic mass is 9.94. The maximum atomic E-state index is 11.9. The van der Waals surface area contributed by atoms with Gasteiger partial charge in [-0.3, -0.25) is 4.79 Å². The summed E-state index contributed by atoms with van der Waals surface area (Å²) in [6.45, 7) is 4.04. The summed E-state index contributed by atoms with van der Waals surface area (Å²) < 4.78 is 0. The van der Waals surface area contributed by atoms with E-state index in [4.69, 9.17) is 0 Å². The van der Waals surface area contributed by atoms with Crippen molar-refractivity contribution in [1.82, 2.24) is 10.6 Å². The van der Waals surface area contributed by atoms with E-state index in [0.717, 1.165) is 25.7 Å². The zero-order chi connectivity index (χ0) is 12.9. The molecule has 17 heavy (non-hydrogen) atoms. The van der Waals surface area contributed by atoms with Crippen molar-refractivity contribution >= 4 is 5.91 Å². The number of likely N-dealkylation sites (N-methyl/N-ethyl adjacent to an activating group) is 1. The molecular formula is C13H26N2O2. The third-order valence-electron chi connectivity index (χ3n) is 3.80. The van der Waals surface area contributed by atoms with E-state index in [9.17, 15) is 9.90 Å². The summed E-state index contributed by atoms with van der Waals surface area (Å²) in [7, 11) is 1.76. The molecule has 1 rings (SSSR count). The molecule has 0 unspecified atom stereocenters. The summed E-state index contributed by atoms with van der Waals surface area (Å²) in [6, 6.07) is 0. The van der Waals surface area contributed by atoms with Crippen molar-refractivity contribution in [2.75, 3.05) is 13.6 Å². The fraction of sp³-hybridized carbons (Fsp3) is 0.923. The quantitative estimate of drug-likeness (QED) is 0.649. The van der Waals surface area contributed by atoms with Crippen molar-refractivity contribution in [3.63, 3.8) is 0 Å². The van der Waals surface area contributed by atoms with Crippen molar-refractivity contribution in [1.29, 1.82) is 0 Å². The molecule has 1 amide bonds. The van der Waals surface area contributed by atoms with Gasteiger partial charge in [0.25, 0.3) is 0 Å².